The lowest BCUT2D eigenvalue weighted by atomic mass is 9.87. The molecule has 0 atom stereocenters. The maximum Gasteiger partial charge on any atom is 0.136 e. The molecule has 0 aromatic carbocycles. The number of fused-ring (bicyclic) bond motifs is 3. The minimum Gasteiger partial charge on any atom is -0.314 e. The summed E-state index contributed by atoms with van der Waals surface area (Å²) in [6.45, 7) is 4.44. The largest absolute Gasteiger partial charge is 0.314 e. The van der Waals surface area contributed by atoms with Gasteiger partial charge in [0.05, 0.1) is 11.7 Å². The Morgan fingerprint density at radius 3 is 2.82 bits per heavy atom. The summed E-state index contributed by atoms with van der Waals surface area (Å²) in [5, 5.41) is 9.88. The molecule has 1 saturated carbocycles. The summed E-state index contributed by atoms with van der Waals surface area (Å²) >= 11 is 1.79. The predicted octanol–water partition coefficient (Wildman–Crippen LogP) is 3.32. The highest BCUT2D eigenvalue weighted by molar-refractivity contribution is 7.18. The monoisotopic (exact) mass is 316 g/mol. The molecule has 0 unspecified atom stereocenters. The number of likely N-dealkylation sites (N-methyl/N-ethyl adjacent to an activating group) is 1. The molecule has 4 nitrogen and oxygen atoms in total. The molecule has 0 radical (unpaired) electrons. The van der Waals surface area contributed by atoms with Crippen molar-refractivity contribution in [2.24, 2.45) is 5.92 Å². The van der Waals surface area contributed by atoms with Crippen molar-refractivity contribution < 1.29 is 0 Å². The highest BCUT2D eigenvalue weighted by Crippen LogP contribution is 2.34. The Hall–Kier alpha value is -1.20. The molecule has 1 fully saturated rings. The second kappa shape index (κ2) is 5.46. The van der Waals surface area contributed by atoms with Gasteiger partial charge >= 0.3 is 0 Å². The molecule has 2 aliphatic rings. The first-order valence-electron chi connectivity index (χ1n) is 8.38. The third-order valence-corrected chi connectivity index (χ3v) is 6.53. The van der Waals surface area contributed by atoms with E-state index in [2.05, 4.69) is 23.4 Å². The van der Waals surface area contributed by atoms with Crippen LogP contribution < -0.4 is 5.49 Å². The molecule has 4 rings (SSSR count). The van der Waals surface area contributed by atoms with Gasteiger partial charge in [0.2, 0.25) is 0 Å². The topological polar surface area (TPSA) is 44.9 Å². The minimum atomic E-state index is 0.474. The minimum absolute atomic E-state index is 0.474. The Labute approximate surface area is 135 Å². The highest BCUT2D eigenvalue weighted by Gasteiger charge is 2.24. The SMILES string of the molecule is CC1CCC(n2cnc3sc4c(c3c2=N)CCN(C)C4)CC1. The van der Waals surface area contributed by atoms with Gasteiger partial charge in [-0.05, 0) is 50.6 Å². The fourth-order valence-electron chi connectivity index (χ4n) is 3.95. The van der Waals surface area contributed by atoms with Crippen LogP contribution in [0.2, 0.25) is 0 Å². The summed E-state index contributed by atoms with van der Waals surface area (Å²) in [6.07, 6.45) is 7.94. The van der Waals surface area contributed by atoms with Crippen molar-refractivity contribution >= 4 is 21.6 Å². The van der Waals surface area contributed by atoms with Crippen molar-refractivity contribution in [2.75, 3.05) is 13.6 Å². The average molecular weight is 316 g/mol. The van der Waals surface area contributed by atoms with Crippen LogP contribution in [0, 0.1) is 11.3 Å². The summed E-state index contributed by atoms with van der Waals surface area (Å²) < 4.78 is 2.15. The zero-order valence-electron chi connectivity index (χ0n) is 13.4. The fourth-order valence-corrected chi connectivity index (χ4v) is 5.22. The van der Waals surface area contributed by atoms with E-state index in [0.717, 1.165) is 35.6 Å². The maximum absolute atomic E-state index is 8.75. The summed E-state index contributed by atoms with van der Waals surface area (Å²) in [5.74, 6) is 0.840. The van der Waals surface area contributed by atoms with Crippen molar-refractivity contribution in [1.29, 1.82) is 5.41 Å². The van der Waals surface area contributed by atoms with Gasteiger partial charge in [-0.25, -0.2) is 4.98 Å². The quantitative estimate of drug-likeness (QED) is 0.877. The van der Waals surface area contributed by atoms with Crippen LogP contribution in [0.3, 0.4) is 0 Å². The fraction of sp³-hybridized carbons (Fsp3) is 0.647. The molecule has 1 N–H and O–H groups in total. The molecular formula is C17H24N4S. The number of rotatable bonds is 1. The first kappa shape index (κ1) is 14.4. The van der Waals surface area contributed by atoms with Gasteiger partial charge in [-0.2, -0.15) is 0 Å². The standard InChI is InChI=1S/C17H24N4S/c1-11-3-5-12(6-4-11)21-10-19-17-15(16(21)18)13-7-8-20(2)9-14(13)22-17/h10-12,18H,3-9H2,1-2H3. The number of hydrogen-bond acceptors (Lipinski definition) is 4. The van der Waals surface area contributed by atoms with E-state index in [0.29, 0.717) is 11.5 Å². The average Bonchev–Trinajstić information content (AvgIpc) is 2.87. The Morgan fingerprint density at radius 1 is 1.27 bits per heavy atom. The Morgan fingerprint density at radius 2 is 2.05 bits per heavy atom. The van der Waals surface area contributed by atoms with E-state index in [1.54, 1.807) is 11.3 Å². The van der Waals surface area contributed by atoms with Gasteiger partial charge in [-0.3, -0.25) is 5.41 Å². The molecule has 3 heterocycles. The smallest absolute Gasteiger partial charge is 0.136 e. The van der Waals surface area contributed by atoms with E-state index in [-0.39, 0.29) is 0 Å². The third kappa shape index (κ3) is 2.31. The van der Waals surface area contributed by atoms with Crippen LogP contribution in [0.5, 0.6) is 0 Å². The molecular weight excluding hydrogens is 292 g/mol. The number of aromatic nitrogens is 2. The second-order valence-corrected chi connectivity index (χ2v) is 8.17. The van der Waals surface area contributed by atoms with Crippen LogP contribution in [-0.4, -0.2) is 28.0 Å². The predicted molar refractivity (Wildman–Crippen MR) is 90.2 cm³/mol. The lowest BCUT2D eigenvalue weighted by molar-refractivity contribution is 0.282. The molecule has 0 spiro atoms. The van der Waals surface area contributed by atoms with Crippen molar-refractivity contribution in [3.05, 3.63) is 22.3 Å². The van der Waals surface area contributed by atoms with Gasteiger partial charge < -0.3 is 9.47 Å². The molecule has 0 amide bonds. The Bertz CT molecular complexity index is 752. The molecule has 1 aliphatic heterocycles. The van der Waals surface area contributed by atoms with Crippen molar-refractivity contribution in [3.8, 4) is 0 Å². The summed E-state index contributed by atoms with van der Waals surface area (Å²) in [5.41, 5.74) is 2.10. The number of nitrogens with one attached hydrogen (secondary N) is 1. The van der Waals surface area contributed by atoms with E-state index in [1.165, 1.54) is 36.1 Å². The van der Waals surface area contributed by atoms with Gasteiger partial charge in [0.15, 0.2) is 0 Å². The lowest BCUT2D eigenvalue weighted by Gasteiger charge is -2.28. The number of hydrogen-bond donors (Lipinski definition) is 1. The summed E-state index contributed by atoms with van der Waals surface area (Å²) in [7, 11) is 2.17. The van der Waals surface area contributed by atoms with Crippen LogP contribution in [0.25, 0.3) is 10.2 Å². The molecule has 118 valence electrons. The van der Waals surface area contributed by atoms with E-state index in [4.69, 9.17) is 10.4 Å². The Balaban J connectivity index is 1.79. The van der Waals surface area contributed by atoms with E-state index >= 15 is 0 Å². The summed E-state index contributed by atoms with van der Waals surface area (Å²) in [4.78, 5) is 9.55. The molecule has 1 aliphatic carbocycles. The van der Waals surface area contributed by atoms with Gasteiger partial charge in [-0.1, -0.05) is 6.92 Å². The summed E-state index contributed by atoms with van der Waals surface area (Å²) in [6, 6.07) is 0.474. The van der Waals surface area contributed by atoms with Gasteiger partial charge in [-0.15, -0.1) is 11.3 Å². The zero-order chi connectivity index (χ0) is 15.3. The van der Waals surface area contributed by atoms with E-state index in [1.807, 2.05) is 6.33 Å². The first-order chi connectivity index (χ1) is 10.6. The van der Waals surface area contributed by atoms with Crippen molar-refractivity contribution in [3.63, 3.8) is 0 Å². The molecule has 0 saturated heterocycles. The highest BCUT2D eigenvalue weighted by atomic mass is 32.1. The molecule has 2 aromatic rings. The van der Waals surface area contributed by atoms with E-state index in [9.17, 15) is 0 Å². The molecule has 22 heavy (non-hydrogen) atoms. The first-order valence-corrected chi connectivity index (χ1v) is 9.19. The number of thiophene rings is 1. The molecule has 5 heteroatoms. The normalized spacial score (nSPS) is 26.3. The van der Waals surface area contributed by atoms with Gasteiger partial charge in [0.25, 0.3) is 0 Å². The molecule has 0 bridgehead atoms. The molecule has 2 aromatic heterocycles. The maximum atomic E-state index is 8.75. The van der Waals surface area contributed by atoms with Gasteiger partial charge in [0, 0.05) is 24.0 Å². The Kier molecular flexibility index (Phi) is 3.57. The van der Waals surface area contributed by atoms with Crippen LogP contribution in [-0.2, 0) is 13.0 Å². The van der Waals surface area contributed by atoms with E-state index < -0.39 is 0 Å². The van der Waals surface area contributed by atoms with Crippen LogP contribution in [0.4, 0.5) is 0 Å². The zero-order valence-corrected chi connectivity index (χ0v) is 14.2. The lowest BCUT2D eigenvalue weighted by Crippen LogP contribution is -2.29. The van der Waals surface area contributed by atoms with Crippen molar-refractivity contribution in [2.45, 2.75) is 51.6 Å². The van der Waals surface area contributed by atoms with Crippen LogP contribution >= 0.6 is 11.3 Å². The second-order valence-electron chi connectivity index (χ2n) is 7.09. The van der Waals surface area contributed by atoms with Crippen molar-refractivity contribution in [1.82, 2.24) is 14.5 Å². The van der Waals surface area contributed by atoms with Crippen LogP contribution in [0.15, 0.2) is 6.33 Å². The van der Waals surface area contributed by atoms with Gasteiger partial charge in [0.1, 0.15) is 10.3 Å². The third-order valence-electron chi connectivity index (χ3n) is 5.40. The van der Waals surface area contributed by atoms with Crippen LogP contribution in [0.1, 0.15) is 49.1 Å². The number of nitrogens with zero attached hydrogens (tertiary/aromatic N) is 3.